The van der Waals surface area contributed by atoms with E-state index >= 15 is 0 Å². The molecule has 0 bridgehead atoms. The maximum absolute atomic E-state index is 14.1. The molecule has 1 heterocycles. The molecule has 0 fully saturated rings. The molecule has 3 rings (SSSR count). The molecule has 2 aromatic carbocycles. The summed E-state index contributed by atoms with van der Waals surface area (Å²) in [6.07, 6.45) is 0. The molecule has 0 radical (unpaired) electrons. The molecule has 0 unspecified atom stereocenters. The Hall–Kier alpha value is -3.02. The van der Waals surface area contributed by atoms with Gasteiger partial charge in [-0.05, 0) is 31.5 Å². The summed E-state index contributed by atoms with van der Waals surface area (Å²) in [5, 5.41) is 6.56. The van der Waals surface area contributed by atoms with Crippen LogP contribution in [-0.2, 0) is 7.05 Å². The van der Waals surface area contributed by atoms with Crippen molar-refractivity contribution in [2.45, 2.75) is 13.8 Å². The Balaban J connectivity index is 2.08. The van der Waals surface area contributed by atoms with Crippen LogP contribution in [0.4, 0.5) is 14.5 Å². The number of nitrogens with zero attached hydrogens (tertiary/aromatic N) is 2. The van der Waals surface area contributed by atoms with Crippen LogP contribution < -0.4 is 5.32 Å². The Labute approximate surface area is 144 Å². The predicted octanol–water partition coefficient (Wildman–Crippen LogP) is 4.23. The molecular formula is C19H17F2N3O. The van der Waals surface area contributed by atoms with Gasteiger partial charge < -0.3 is 5.32 Å². The zero-order valence-corrected chi connectivity index (χ0v) is 14.1. The molecular weight excluding hydrogens is 324 g/mol. The van der Waals surface area contributed by atoms with E-state index in [1.165, 1.54) is 13.1 Å². The molecule has 0 saturated heterocycles. The van der Waals surface area contributed by atoms with Gasteiger partial charge in [-0.2, -0.15) is 9.49 Å². The third-order valence-electron chi connectivity index (χ3n) is 4.10. The average molecular weight is 341 g/mol. The van der Waals surface area contributed by atoms with E-state index in [0.717, 1.165) is 10.2 Å². The summed E-state index contributed by atoms with van der Waals surface area (Å²) in [6, 6.07) is 12.2. The number of nitrogens with one attached hydrogen (secondary N) is 1. The minimum Gasteiger partial charge on any atom is -0.321 e. The Kier molecular flexibility index (Phi) is 4.35. The number of hydrogen-bond acceptors (Lipinski definition) is 2. The van der Waals surface area contributed by atoms with E-state index in [-0.39, 0.29) is 16.8 Å². The minimum absolute atomic E-state index is 0.148. The number of rotatable bonds is 3. The third-order valence-corrected chi connectivity index (χ3v) is 4.10. The molecule has 3 aromatic rings. The van der Waals surface area contributed by atoms with Crippen molar-refractivity contribution in [3.05, 3.63) is 71.1 Å². The van der Waals surface area contributed by atoms with Crippen LogP contribution in [0.5, 0.6) is 0 Å². The standard InChI is InChI=1S/C19H17F2N3O/c1-11-15(20)10-9-14(13-7-5-4-6-8-13)17(11)22-19(25)16-12(2)23-24(3)18(16)21/h4-10H,1-3H3,(H,22,25). The number of carbonyl (C=O) groups is 1. The van der Waals surface area contributed by atoms with Gasteiger partial charge in [-0.1, -0.05) is 30.3 Å². The highest BCUT2D eigenvalue weighted by Gasteiger charge is 2.22. The number of aromatic nitrogens is 2. The van der Waals surface area contributed by atoms with Gasteiger partial charge in [-0.15, -0.1) is 0 Å². The van der Waals surface area contributed by atoms with Crippen molar-refractivity contribution < 1.29 is 13.6 Å². The second-order valence-electron chi connectivity index (χ2n) is 5.79. The van der Waals surface area contributed by atoms with Crippen molar-refractivity contribution in [3.8, 4) is 11.1 Å². The molecule has 128 valence electrons. The fraction of sp³-hybridized carbons (Fsp3) is 0.158. The average Bonchev–Trinajstić information content (AvgIpc) is 2.85. The second kappa shape index (κ2) is 6.47. The van der Waals surface area contributed by atoms with Gasteiger partial charge in [0.25, 0.3) is 5.91 Å². The summed E-state index contributed by atoms with van der Waals surface area (Å²) in [7, 11) is 1.42. The van der Waals surface area contributed by atoms with Crippen LogP contribution in [0.3, 0.4) is 0 Å². The summed E-state index contributed by atoms with van der Waals surface area (Å²) >= 11 is 0. The van der Waals surface area contributed by atoms with Gasteiger partial charge in [0.05, 0.1) is 11.4 Å². The molecule has 25 heavy (non-hydrogen) atoms. The van der Waals surface area contributed by atoms with Crippen molar-refractivity contribution in [2.75, 3.05) is 5.32 Å². The van der Waals surface area contributed by atoms with Crippen molar-refractivity contribution in [1.82, 2.24) is 9.78 Å². The van der Waals surface area contributed by atoms with E-state index in [4.69, 9.17) is 0 Å². The number of carbonyl (C=O) groups excluding carboxylic acids is 1. The van der Waals surface area contributed by atoms with Crippen LogP contribution in [0.15, 0.2) is 42.5 Å². The number of benzene rings is 2. The number of aryl methyl sites for hydroxylation is 2. The Morgan fingerprint density at radius 2 is 1.76 bits per heavy atom. The normalized spacial score (nSPS) is 10.8. The Morgan fingerprint density at radius 3 is 2.36 bits per heavy atom. The van der Waals surface area contributed by atoms with Crippen molar-refractivity contribution >= 4 is 11.6 Å². The molecule has 1 aromatic heterocycles. The van der Waals surface area contributed by atoms with E-state index in [0.29, 0.717) is 11.3 Å². The lowest BCUT2D eigenvalue weighted by atomic mass is 10.00. The number of hydrogen-bond donors (Lipinski definition) is 1. The summed E-state index contributed by atoms with van der Waals surface area (Å²) < 4.78 is 29.2. The van der Waals surface area contributed by atoms with Crippen LogP contribution >= 0.6 is 0 Å². The first-order valence-electron chi connectivity index (χ1n) is 7.75. The van der Waals surface area contributed by atoms with Crippen LogP contribution in [0, 0.1) is 25.6 Å². The largest absolute Gasteiger partial charge is 0.321 e. The molecule has 1 amide bonds. The fourth-order valence-corrected chi connectivity index (χ4v) is 2.77. The maximum Gasteiger partial charge on any atom is 0.262 e. The zero-order chi connectivity index (χ0) is 18.1. The molecule has 0 aliphatic rings. The van der Waals surface area contributed by atoms with Crippen LogP contribution in [0.25, 0.3) is 11.1 Å². The topological polar surface area (TPSA) is 46.9 Å². The minimum atomic E-state index is -0.731. The highest BCUT2D eigenvalue weighted by Crippen LogP contribution is 2.33. The highest BCUT2D eigenvalue weighted by molar-refractivity contribution is 6.07. The van der Waals surface area contributed by atoms with Gasteiger partial charge in [0, 0.05) is 18.2 Å². The SMILES string of the molecule is Cc1nn(C)c(F)c1C(=O)Nc1c(-c2ccccc2)ccc(F)c1C. The fourth-order valence-electron chi connectivity index (χ4n) is 2.77. The molecule has 0 atom stereocenters. The molecule has 0 spiro atoms. The van der Waals surface area contributed by atoms with Gasteiger partial charge in [0.1, 0.15) is 11.4 Å². The lowest BCUT2D eigenvalue weighted by Crippen LogP contribution is -2.16. The first-order chi connectivity index (χ1) is 11.9. The molecule has 6 heteroatoms. The zero-order valence-electron chi connectivity index (χ0n) is 14.1. The van der Waals surface area contributed by atoms with Crippen LogP contribution in [0.1, 0.15) is 21.6 Å². The lowest BCUT2D eigenvalue weighted by molar-refractivity contribution is 0.102. The quantitative estimate of drug-likeness (QED) is 0.775. The van der Waals surface area contributed by atoms with Gasteiger partial charge in [0.2, 0.25) is 5.95 Å². The van der Waals surface area contributed by atoms with Crippen molar-refractivity contribution in [1.29, 1.82) is 0 Å². The molecule has 4 nitrogen and oxygen atoms in total. The maximum atomic E-state index is 14.1. The van der Waals surface area contributed by atoms with Gasteiger partial charge in [0.15, 0.2) is 0 Å². The monoisotopic (exact) mass is 341 g/mol. The van der Waals surface area contributed by atoms with Gasteiger partial charge in [-0.3, -0.25) is 4.79 Å². The van der Waals surface area contributed by atoms with Crippen molar-refractivity contribution in [3.63, 3.8) is 0 Å². The third kappa shape index (κ3) is 3.03. The summed E-state index contributed by atoms with van der Waals surface area (Å²) in [6.45, 7) is 3.12. The van der Waals surface area contributed by atoms with Crippen LogP contribution in [-0.4, -0.2) is 15.7 Å². The van der Waals surface area contributed by atoms with Crippen LogP contribution in [0.2, 0.25) is 0 Å². The van der Waals surface area contributed by atoms with E-state index < -0.39 is 17.7 Å². The summed E-state index contributed by atoms with van der Waals surface area (Å²) in [5.74, 6) is -1.84. The Morgan fingerprint density at radius 1 is 1.08 bits per heavy atom. The molecule has 0 saturated carbocycles. The smallest absolute Gasteiger partial charge is 0.262 e. The Bertz CT molecular complexity index is 949. The number of amides is 1. The molecule has 1 N–H and O–H groups in total. The first-order valence-corrected chi connectivity index (χ1v) is 7.75. The number of halogens is 2. The highest BCUT2D eigenvalue weighted by atomic mass is 19.1. The summed E-state index contributed by atoms with van der Waals surface area (Å²) in [5.41, 5.74) is 2.22. The number of anilines is 1. The predicted molar refractivity (Wildman–Crippen MR) is 92.4 cm³/mol. The molecule has 0 aliphatic carbocycles. The van der Waals surface area contributed by atoms with E-state index in [9.17, 15) is 13.6 Å². The van der Waals surface area contributed by atoms with E-state index in [1.807, 2.05) is 30.3 Å². The second-order valence-corrected chi connectivity index (χ2v) is 5.79. The molecule has 0 aliphatic heterocycles. The van der Waals surface area contributed by atoms with E-state index in [1.54, 1.807) is 19.9 Å². The van der Waals surface area contributed by atoms with E-state index in [2.05, 4.69) is 10.4 Å². The van der Waals surface area contributed by atoms with Gasteiger partial charge in [-0.25, -0.2) is 9.07 Å². The van der Waals surface area contributed by atoms with Crippen molar-refractivity contribution in [2.24, 2.45) is 7.05 Å². The first kappa shape index (κ1) is 16.8. The lowest BCUT2D eigenvalue weighted by Gasteiger charge is -2.15. The van der Waals surface area contributed by atoms with Gasteiger partial charge >= 0.3 is 0 Å². The summed E-state index contributed by atoms with van der Waals surface area (Å²) in [4.78, 5) is 12.6.